The van der Waals surface area contributed by atoms with Gasteiger partial charge >= 0.3 is 18.2 Å². The van der Waals surface area contributed by atoms with E-state index in [2.05, 4.69) is 24.3 Å². The summed E-state index contributed by atoms with van der Waals surface area (Å²) in [6.07, 6.45) is -1.57. The van der Waals surface area contributed by atoms with Crippen molar-refractivity contribution in [2.24, 2.45) is 7.05 Å². The van der Waals surface area contributed by atoms with E-state index in [1.165, 1.54) is 27.5 Å². The minimum atomic E-state index is -1.07. The molecule has 0 radical (unpaired) electrons. The summed E-state index contributed by atoms with van der Waals surface area (Å²) in [6, 6.07) is 18.8. The van der Waals surface area contributed by atoms with Crippen LogP contribution in [0.5, 0.6) is 0 Å². The number of hydrogen-bond donors (Lipinski definition) is 1. The molecule has 3 aromatic rings. The van der Waals surface area contributed by atoms with Gasteiger partial charge in [0.25, 0.3) is 0 Å². The van der Waals surface area contributed by atoms with Gasteiger partial charge in [-0.3, -0.25) is 4.90 Å². The molecular formula is C32H37N3O7. The second-order valence-corrected chi connectivity index (χ2v) is 11.7. The fourth-order valence-electron chi connectivity index (χ4n) is 5.86. The summed E-state index contributed by atoms with van der Waals surface area (Å²) >= 11 is 0. The Bertz CT molecular complexity index is 1450. The maximum atomic E-state index is 13.9. The van der Waals surface area contributed by atoms with E-state index in [1.54, 1.807) is 33.9 Å². The number of carboxylic acid groups (broad SMARTS) is 1. The van der Waals surface area contributed by atoms with Gasteiger partial charge in [-0.1, -0.05) is 48.5 Å². The monoisotopic (exact) mass is 575 g/mol. The second-order valence-electron chi connectivity index (χ2n) is 11.7. The minimum Gasteiger partial charge on any atom is -0.477 e. The first-order valence-corrected chi connectivity index (χ1v) is 14.0. The SMILES string of the molecule is CO[C@@H]1CN(C(=O)OC(C)(C)C)C[C@H]1N(Cc1ccc(C(=O)O)n1C)C(=O)OCC1c2ccccc2-c2ccccc21. The number of carboxylic acids is 1. The molecule has 10 nitrogen and oxygen atoms in total. The normalized spacial score (nSPS) is 18.0. The number of amides is 2. The van der Waals surface area contributed by atoms with Crippen LogP contribution in [0.4, 0.5) is 9.59 Å². The molecule has 1 N–H and O–H groups in total. The summed E-state index contributed by atoms with van der Waals surface area (Å²) < 4.78 is 18.9. The van der Waals surface area contributed by atoms with Gasteiger partial charge in [0.05, 0.1) is 25.2 Å². The van der Waals surface area contributed by atoms with Crippen LogP contribution in [0.25, 0.3) is 11.1 Å². The number of rotatable bonds is 7. The van der Waals surface area contributed by atoms with Crippen LogP contribution in [0.1, 0.15) is 54.0 Å². The van der Waals surface area contributed by atoms with Gasteiger partial charge < -0.3 is 28.8 Å². The molecule has 10 heteroatoms. The first-order valence-electron chi connectivity index (χ1n) is 14.0. The quantitative estimate of drug-likeness (QED) is 0.417. The number of aromatic carboxylic acids is 1. The number of carbonyl (C=O) groups is 3. The summed E-state index contributed by atoms with van der Waals surface area (Å²) in [6.45, 7) is 5.98. The number of ether oxygens (including phenoxy) is 3. The first kappa shape index (κ1) is 29.2. The van der Waals surface area contributed by atoms with E-state index in [0.717, 1.165) is 22.3 Å². The Balaban J connectivity index is 1.41. The van der Waals surface area contributed by atoms with Gasteiger partial charge in [-0.05, 0) is 55.2 Å². The Morgan fingerprint density at radius 1 is 0.952 bits per heavy atom. The van der Waals surface area contributed by atoms with Crippen molar-refractivity contribution in [3.63, 3.8) is 0 Å². The molecular weight excluding hydrogens is 538 g/mol. The molecule has 2 amide bonds. The van der Waals surface area contributed by atoms with Crippen molar-refractivity contribution >= 4 is 18.2 Å². The van der Waals surface area contributed by atoms with Crippen LogP contribution in [-0.4, -0.2) is 82.2 Å². The van der Waals surface area contributed by atoms with Crippen molar-refractivity contribution in [3.05, 3.63) is 83.2 Å². The third-order valence-electron chi connectivity index (χ3n) is 7.94. The van der Waals surface area contributed by atoms with E-state index in [4.69, 9.17) is 14.2 Å². The molecule has 2 heterocycles. The number of fused-ring (bicyclic) bond motifs is 3. The van der Waals surface area contributed by atoms with Gasteiger partial charge in [-0.25, -0.2) is 14.4 Å². The smallest absolute Gasteiger partial charge is 0.410 e. The zero-order chi connectivity index (χ0) is 30.2. The molecule has 1 fully saturated rings. The summed E-state index contributed by atoms with van der Waals surface area (Å²) in [4.78, 5) is 41.6. The fourth-order valence-corrected chi connectivity index (χ4v) is 5.86. The zero-order valence-electron chi connectivity index (χ0n) is 24.6. The summed E-state index contributed by atoms with van der Waals surface area (Å²) in [7, 11) is 3.18. The lowest BCUT2D eigenvalue weighted by atomic mass is 9.98. The van der Waals surface area contributed by atoms with Crippen molar-refractivity contribution in [3.8, 4) is 11.1 Å². The molecule has 1 aliphatic heterocycles. The molecule has 1 aromatic heterocycles. The Kier molecular flexibility index (Phi) is 8.01. The van der Waals surface area contributed by atoms with E-state index in [9.17, 15) is 19.5 Å². The van der Waals surface area contributed by atoms with Crippen molar-refractivity contribution < 1.29 is 33.7 Å². The Morgan fingerprint density at radius 2 is 1.57 bits per heavy atom. The molecule has 1 saturated heterocycles. The van der Waals surface area contributed by atoms with Gasteiger partial charge in [0, 0.05) is 32.3 Å². The Hall–Kier alpha value is -4.31. The highest BCUT2D eigenvalue weighted by Gasteiger charge is 2.43. The lowest BCUT2D eigenvalue weighted by Crippen LogP contribution is -2.48. The highest BCUT2D eigenvalue weighted by molar-refractivity contribution is 5.86. The zero-order valence-corrected chi connectivity index (χ0v) is 24.6. The lowest BCUT2D eigenvalue weighted by molar-refractivity contribution is 0.0236. The van der Waals surface area contributed by atoms with Crippen LogP contribution >= 0.6 is 0 Å². The molecule has 5 rings (SSSR count). The van der Waals surface area contributed by atoms with E-state index in [0.29, 0.717) is 5.69 Å². The summed E-state index contributed by atoms with van der Waals surface area (Å²) in [5.41, 5.74) is 4.46. The molecule has 42 heavy (non-hydrogen) atoms. The van der Waals surface area contributed by atoms with Crippen LogP contribution in [0, 0.1) is 0 Å². The highest BCUT2D eigenvalue weighted by Crippen LogP contribution is 2.44. The van der Waals surface area contributed by atoms with E-state index in [-0.39, 0.29) is 37.9 Å². The number of hydrogen-bond acceptors (Lipinski definition) is 6. The van der Waals surface area contributed by atoms with Gasteiger partial charge in [0.1, 0.15) is 17.9 Å². The minimum absolute atomic E-state index is 0.0626. The first-order chi connectivity index (χ1) is 20.0. The van der Waals surface area contributed by atoms with E-state index < -0.39 is 35.9 Å². The van der Waals surface area contributed by atoms with Crippen molar-refractivity contribution in [1.29, 1.82) is 0 Å². The molecule has 1 aliphatic carbocycles. The van der Waals surface area contributed by atoms with Gasteiger partial charge in [-0.2, -0.15) is 0 Å². The fraction of sp³-hybridized carbons (Fsp3) is 0.406. The number of carbonyl (C=O) groups excluding carboxylic acids is 2. The predicted octanol–water partition coefficient (Wildman–Crippen LogP) is 5.11. The second kappa shape index (κ2) is 11.5. The molecule has 0 spiro atoms. The molecule has 2 aromatic carbocycles. The number of likely N-dealkylation sites (tertiary alicyclic amines) is 1. The molecule has 0 bridgehead atoms. The number of benzene rings is 2. The Labute approximate surface area is 245 Å². The molecule has 0 saturated carbocycles. The average Bonchev–Trinajstić information content (AvgIpc) is 3.63. The van der Waals surface area contributed by atoms with Gasteiger partial charge in [0.2, 0.25) is 0 Å². The molecule has 2 aliphatic rings. The predicted molar refractivity (Wildman–Crippen MR) is 155 cm³/mol. The topological polar surface area (TPSA) is 111 Å². The van der Waals surface area contributed by atoms with Crippen LogP contribution in [0.3, 0.4) is 0 Å². The molecule has 222 valence electrons. The van der Waals surface area contributed by atoms with Crippen molar-refractivity contribution in [2.75, 3.05) is 26.8 Å². The van der Waals surface area contributed by atoms with E-state index >= 15 is 0 Å². The summed E-state index contributed by atoms with van der Waals surface area (Å²) in [5.74, 6) is -1.19. The standard InChI is InChI=1S/C32H37N3O7/c1-32(2,3)42-30(38)34-17-27(28(18-34)40-5)35(16-20-14-15-26(29(36)37)33(20)4)31(39)41-19-25-23-12-8-6-10-21(23)22-11-7-9-13-24(22)25/h6-15,25,27-28H,16-19H2,1-5H3,(H,36,37)/t27-,28-/m1/s1. The average molecular weight is 576 g/mol. The molecule has 0 unspecified atom stereocenters. The lowest BCUT2D eigenvalue weighted by Gasteiger charge is -2.31. The summed E-state index contributed by atoms with van der Waals surface area (Å²) in [5, 5.41) is 9.56. The van der Waals surface area contributed by atoms with Crippen LogP contribution in [-0.2, 0) is 27.8 Å². The molecule has 2 atom stereocenters. The number of aromatic nitrogens is 1. The third kappa shape index (κ3) is 5.72. The van der Waals surface area contributed by atoms with Crippen LogP contribution < -0.4 is 0 Å². The highest BCUT2D eigenvalue weighted by atomic mass is 16.6. The van der Waals surface area contributed by atoms with Crippen LogP contribution in [0.15, 0.2) is 60.7 Å². The van der Waals surface area contributed by atoms with E-state index in [1.807, 2.05) is 24.3 Å². The van der Waals surface area contributed by atoms with Gasteiger partial charge in [0.15, 0.2) is 0 Å². The number of nitrogens with zero attached hydrogens (tertiary/aromatic N) is 3. The van der Waals surface area contributed by atoms with Crippen LogP contribution in [0.2, 0.25) is 0 Å². The maximum Gasteiger partial charge on any atom is 0.410 e. The maximum absolute atomic E-state index is 13.9. The number of methoxy groups -OCH3 is 1. The van der Waals surface area contributed by atoms with Crippen molar-refractivity contribution in [1.82, 2.24) is 14.4 Å². The Morgan fingerprint density at radius 3 is 2.12 bits per heavy atom. The van der Waals surface area contributed by atoms with Crippen molar-refractivity contribution in [2.45, 2.75) is 51.0 Å². The third-order valence-corrected chi connectivity index (χ3v) is 7.94. The van der Waals surface area contributed by atoms with Gasteiger partial charge in [-0.15, -0.1) is 0 Å². The largest absolute Gasteiger partial charge is 0.477 e.